The van der Waals surface area contributed by atoms with Crippen LogP contribution in [-0.4, -0.2) is 25.7 Å². The quantitative estimate of drug-likeness (QED) is 0.917. The van der Waals surface area contributed by atoms with Crippen molar-refractivity contribution in [3.05, 3.63) is 35.4 Å². The van der Waals surface area contributed by atoms with Gasteiger partial charge in [-0.3, -0.25) is 4.79 Å². The van der Waals surface area contributed by atoms with Gasteiger partial charge in [-0.1, -0.05) is 38.1 Å². The molecule has 1 N–H and O–H groups in total. The van der Waals surface area contributed by atoms with Gasteiger partial charge < -0.3 is 10.1 Å². The standard InChI is InChI=1S/C17H25NO2/c1-13(2)16(19)18-12-17(8-10-20-11-9-17)15-7-5-4-6-14(15)3/h4-7,13H,8-12H2,1-3H3,(H,18,19). The highest BCUT2D eigenvalue weighted by Crippen LogP contribution is 2.36. The highest BCUT2D eigenvalue weighted by Gasteiger charge is 2.35. The topological polar surface area (TPSA) is 38.3 Å². The summed E-state index contributed by atoms with van der Waals surface area (Å²) in [5, 5.41) is 3.12. The highest BCUT2D eigenvalue weighted by atomic mass is 16.5. The summed E-state index contributed by atoms with van der Waals surface area (Å²) < 4.78 is 5.53. The van der Waals surface area contributed by atoms with Gasteiger partial charge in [-0.25, -0.2) is 0 Å². The Balaban J connectivity index is 2.22. The number of rotatable bonds is 4. The zero-order chi connectivity index (χ0) is 14.6. The van der Waals surface area contributed by atoms with Crippen LogP contribution in [0.25, 0.3) is 0 Å². The molecule has 20 heavy (non-hydrogen) atoms. The third-order valence-electron chi connectivity index (χ3n) is 4.29. The number of carbonyl (C=O) groups is 1. The van der Waals surface area contributed by atoms with E-state index in [0.29, 0.717) is 6.54 Å². The molecule has 1 heterocycles. The Morgan fingerprint density at radius 2 is 1.95 bits per heavy atom. The average Bonchev–Trinajstić information content (AvgIpc) is 2.46. The largest absolute Gasteiger partial charge is 0.381 e. The molecule has 1 aliphatic rings. The van der Waals surface area contributed by atoms with Crippen molar-refractivity contribution in [3.63, 3.8) is 0 Å². The van der Waals surface area contributed by atoms with E-state index >= 15 is 0 Å². The lowest BCUT2D eigenvalue weighted by atomic mass is 9.72. The lowest BCUT2D eigenvalue weighted by molar-refractivity contribution is -0.124. The van der Waals surface area contributed by atoms with Crippen LogP contribution in [0.15, 0.2) is 24.3 Å². The normalized spacial score (nSPS) is 18.0. The van der Waals surface area contributed by atoms with E-state index in [1.807, 2.05) is 13.8 Å². The van der Waals surface area contributed by atoms with Crippen LogP contribution in [-0.2, 0) is 14.9 Å². The predicted octanol–water partition coefficient (Wildman–Crippen LogP) is 2.82. The van der Waals surface area contributed by atoms with Gasteiger partial charge in [-0.2, -0.15) is 0 Å². The smallest absolute Gasteiger partial charge is 0.222 e. The molecular formula is C17H25NO2. The molecule has 0 radical (unpaired) electrons. The van der Waals surface area contributed by atoms with Gasteiger partial charge in [0, 0.05) is 31.1 Å². The summed E-state index contributed by atoms with van der Waals surface area (Å²) in [6, 6.07) is 8.50. The predicted molar refractivity (Wildman–Crippen MR) is 80.8 cm³/mol. The zero-order valence-electron chi connectivity index (χ0n) is 12.7. The fourth-order valence-electron chi connectivity index (χ4n) is 2.93. The number of hydrogen-bond acceptors (Lipinski definition) is 2. The molecule has 1 fully saturated rings. The molecule has 0 saturated carbocycles. The molecule has 1 aromatic carbocycles. The van der Waals surface area contributed by atoms with Gasteiger partial charge >= 0.3 is 0 Å². The summed E-state index contributed by atoms with van der Waals surface area (Å²) in [6.07, 6.45) is 1.94. The molecule has 0 unspecified atom stereocenters. The van der Waals surface area contributed by atoms with E-state index in [9.17, 15) is 4.79 Å². The maximum Gasteiger partial charge on any atom is 0.222 e. The summed E-state index contributed by atoms with van der Waals surface area (Å²) in [6.45, 7) is 8.26. The first-order valence-electron chi connectivity index (χ1n) is 7.47. The number of aryl methyl sites for hydroxylation is 1. The van der Waals surface area contributed by atoms with Crippen LogP contribution in [0.2, 0.25) is 0 Å². The van der Waals surface area contributed by atoms with E-state index in [0.717, 1.165) is 26.1 Å². The van der Waals surface area contributed by atoms with Gasteiger partial charge in [-0.15, -0.1) is 0 Å². The van der Waals surface area contributed by atoms with Gasteiger partial charge in [0.05, 0.1) is 0 Å². The molecule has 3 heteroatoms. The van der Waals surface area contributed by atoms with Crippen molar-refractivity contribution in [2.75, 3.05) is 19.8 Å². The van der Waals surface area contributed by atoms with Crippen LogP contribution in [0, 0.1) is 12.8 Å². The molecule has 110 valence electrons. The van der Waals surface area contributed by atoms with Gasteiger partial charge in [0.25, 0.3) is 0 Å². The first kappa shape index (κ1) is 15.0. The second-order valence-corrected chi connectivity index (χ2v) is 6.08. The fraction of sp³-hybridized carbons (Fsp3) is 0.588. The summed E-state index contributed by atoms with van der Waals surface area (Å²) >= 11 is 0. The molecule has 1 saturated heterocycles. The second kappa shape index (κ2) is 6.40. The van der Waals surface area contributed by atoms with E-state index in [2.05, 4.69) is 36.5 Å². The Hall–Kier alpha value is -1.35. The zero-order valence-corrected chi connectivity index (χ0v) is 12.7. The van der Waals surface area contributed by atoms with Crippen LogP contribution < -0.4 is 5.32 Å². The summed E-state index contributed by atoms with van der Waals surface area (Å²) in [5.74, 6) is 0.160. The first-order chi connectivity index (χ1) is 9.55. The first-order valence-corrected chi connectivity index (χ1v) is 7.47. The maximum atomic E-state index is 11.9. The number of amides is 1. The van der Waals surface area contributed by atoms with Crippen molar-refractivity contribution in [2.45, 2.75) is 39.0 Å². The maximum absolute atomic E-state index is 11.9. The van der Waals surface area contributed by atoms with E-state index in [4.69, 9.17) is 4.74 Å². The van der Waals surface area contributed by atoms with Crippen LogP contribution in [0.1, 0.15) is 37.8 Å². The Bertz CT molecular complexity index is 462. The van der Waals surface area contributed by atoms with Crippen molar-refractivity contribution in [1.82, 2.24) is 5.32 Å². The number of carbonyl (C=O) groups excluding carboxylic acids is 1. The van der Waals surface area contributed by atoms with E-state index in [-0.39, 0.29) is 17.2 Å². The number of nitrogens with one attached hydrogen (secondary N) is 1. The minimum atomic E-state index is 0.0220. The Kier molecular flexibility index (Phi) is 4.81. The van der Waals surface area contributed by atoms with Crippen molar-refractivity contribution in [1.29, 1.82) is 0 Å². The van der Waals surface area contributed by atoms with Crippen molar-refractivity contribution >= 4 is 5.91 Å². The van der Waals surface area contributed by atoms with E-state index in [1.54, 1.807) is 0 Å². The fourth-order valence-corrected chi connectivity index (χ4v) is 2.93. The molecule has 1 amide bonds. The molecule has 0 bridgehead atoms. The SMILES string of the molecule is Cc1ccccc1C1(CNC(=O)C(C)C)CCOCC1. The third kappa shape index (κ3) is 3.21. The van der Waals surface area contributed by atoms with Gasteiger partial charge in [0.1, 0.15) is 0 Å². The lowest BCUT2D eigenvalue weighted by Gasteiger charge is -2.39. The Morgan fingerprint density at radius 3 is 2.55 bits per heavy atom. The molecule has 0 aromatic heterocycles. The molecule has 0 aliphatic carbocycles. The number of ether oxygens (including phenoxy) is 1. The summed E-state index contributed by atoms with van der Waals surface area (Å²) in [4.78, 5) is 11.9. The van der Waals surface area contributed by atoms with Gasteiger partial charge in [-0.05, 0) is 30.9 Å². The van der Waals surface area contributed by atoms with E-state index < -0.39 is 0 Å². The lowest BCUT2D eigenvalue weighted by Crippen LogP contribution is -2.45. The van der Waals surface area contributed by atoms with Crippen LogP contribution >= 0.6 is 0 Å². The summed E-state index contributed by atoms with van der Waals surface area (Å²) in [7, 11) is 0. The molecule has 0 spiro atoms. The minimum absolute atomic E-state index is 0.0220. The second-order valence-electron chi connectivity index (χ2n) is 6.08. The highest BCUT2D eigenvalue weighted by molar-refractivity contribution is 5.78. The average molecular weight is 275 g/mol. The van der Waals surface area contributed by atoms with Crippen LogP contribution in [0.5, 0.6) is 0 Å². The molecular weight excluding hydrogens is 250 g/mol. The van der Waals surface area contributed by atoms with Crippen molar-refractivity contribution in [3.8, 4) is 0 Å². The number of hydrogen-bond donors (Lipinski definition) is 1. The van der Waals surface area contributed by atoms with Crippen LogP contribution in [0.3, 0.4) is 0 Å². The van der Waals surface area contributed by atoms with E-state index in [1.165, 1.54) is 11.1 Å². The number of benzene rings is 1. The Labute approximate surface area is 121 Å². The minimum Gasteiger partial charge on any atom is -0.381 e. The van der Waals surface area contributed by atoms with Crippen LogP contribution in [0.4, 0.5) is 0 Å². The van der Waals surface area contributed by atoms with Crippen molar-refractivity contribution in [2.24, 2.45) is 5.92 Å². The van der Waals surface area contributed by atoms with Gasteiger partial charge in [0.2, 0.25) is 5.91 Å². The van der Waals surface area contributed by atoms with Gasteiger partial charge in [0.15, 0.2) is 0 Å². The molecule has 2 rings (SSSR count). The third-order valence-corrected chi connectivity index (χ3v) is 4.29. The molecule has 3 nitrogen and oxygen atoms in total. The molecule has 0 atom stereocenters. The Morgan fingerprint density at radius 1 is 1.30 bits per heavy atom. The molecule has 1 aromatic rings. The monoisotopic (exact) mass is 275 g/mol. The summed E-state index contributed by atoms with van der Waals surface area (Å²) in [5.41, 5.74) is 2.68. The molecule has 1 aliphatic heterocycles. The van der Waals surface area contributed by atoms with Crippen molar-refractivity contribution < 1.29 is 9.53 Å².